The minimum Gasteiger partial charge on any atom is -0.457 e. The number of sulfone groups is 1. The van der Waals surface area contributed by atoms with Gasteiger partial charge >= 0.3 is 6.18 Å². The molecule has 1 amide bonds. The van der Waals surface area contributed by atoms with Gasteiger partial charge in [0.2, 0.25) is 5.91 Å². The van der Waals surface area contributed by atoms with Crippen LogP contribution in [0.1, 0.15) is 31.2 Å². The van der Waals surface area contributed by atoms with Crippen molar-refractivity contribution in [2.45, 2.75) is 42.0 Å². The van der Waals surface area contributed by atoms with Gasteiger partial charge in [-0.2, -0.15) is 13.2 Å². The molecule has 10 heteroatoms. The quantitative estimate of drug-likeness (QED) is 0.363. The molecule has 5 nitrogen and oxygen atoms in total. The van der Waals surface area contributed by atoms with Gasteiger partial charge in [-0.05, 0) is 92.4 Å². The number of ether oxygens (including phenoxy) is 1. The molecule has 1 saturated carbocycles. The first-order valence-corrected chi connectivity index (χ1v) is 13.2. The second kappa shape index (κ2) is 10.5. The van der Waals surface area contributed by atoms with Crippen molar-refractivity contribution in [2.24, 2.45) is 5.92 Å². The Hall–Kier alpha value is -3.04. The van der Waals surface area contributed by atoms with E-state index in [0.29, 0.717) is 41.1 Å². The Morgan fingerprint density at radius 1 is 0.889 bits per heavy atom. The molecular weight excluding hydrogens is 515 g/mol. The number of anilines is 1. The summed E-state index contributed by atoms with van der Waals surface area (Å²) in [6.07, 6.45) is -3.57. The summed E-state index contributed by atoms with van der Waals surface area (Å²) in [6, 6.07) is 17.5. The van der Waals surface area contributed by atoms with Gasteiger partial charge in [0.05, 0.1) is 15.7 Å². The molecule has 0 aromatic heterocycles. The van der Waals surface area contributed by atoms with Gasteiger partial charge in [0.1, 0.15) is 11.5 Å². The van der Waals surface area contributed by atoms with E-state index in [1.807, 2.05) is 0 Å². The highest BCUT2D eigenvalue weighted by atomic mass is 35.5. The zero-order chi connectivity index (χ0) is 25.9. The van der Waals surface area contributed by atoms with Gasteiger partial charge < -0.3 is 10.1 Å². The molecule has 0 bridgehead atoms. The number of halogens is 4. The zero-order valence-corrected chi connectivity index (χ0v) is 20.5. The molecule has 0 radical (unpaired) electrons. The molecule has 1 fully saturated rings. The van der Waals surface area contributed by atoms with Crippen LogP contribution >= 0.6 is 11.6 Å². The van der Waals surface area contributed by atoms with E-state index in [1.165, 1.54) is 6.07 Å². The van der Waals surface area contributed by atoms with Crippen molar-refractivity contribution in [1.29, 1.82) is 0 Å². The van der Waals surface area contributed by atoms with Crippen LogP contribution in [0.2, 0.25) is 5.02 Å². The molecule has 0 aliphatic heterocycles. The summed E-state index contributed by atoms with van der Waals surface area (Å²) in [5.41, 5.74) is -0.427. The first-order chi connectivity index (χ1) is 17.0. The van der Waals surface area contributed by atoms with Gasteiger partial charge in [-0.15, -0.1) is 0 Å². The molecule has 36 heavy (non-hydrogen) atoms. The topological polar surface area (TPSA) is 72.5 Å². The maximum absolute atomic E-state index is 13.0. The van der Waals surface area contributed by atoms with Crippen LogP contribution in [0.25, 0.3) is 0 Å². The van der Waals surface area contributed by atoms with Gasteiger partial charge in [0, 0.05) is 16.6 Å². The Morgan fingerprint density at radius 3 is 2.06 bits per heavy atom. The van der Waals surface area contributed by atoms with E-state index >= 15 is 0 Å². The molecule has 0 unspecified atom stereocenters. The largest absolute Gasteiger partial charge is 0.457 e. The van der Waals surface area contributed by atoms with E-state index < -0.39 is 26.8 Å². The fourth-order valence-corrected chi connectivity index (χ4v) is 6.13. The van der Waals surface area contributed by atoms with E-state index in [9.17, 15) is 26.4 Å². The van der Waals surface area contributed by atoms with Gasteiger partial charge in [-0.25, -0.2) is 8.42 Å². The lowest BCUT2D eigenvalue weighted by Gasteiger charge is -2.27. The van der Waals surface area contributed by atoms with Crippen LogP contribution in [-0.4, -0.2) is 19.6 Å². The number of benzene rings is 3. The summed E-state index contributed by atoms with van der Waals surface area (Å²) in [5, 5.41) is 2.61. The number of hydrogen-bond donors (Lipinski definition) is 1. The number of hydrogen-bond acceptors (Lipinski definition) is 4. The Bertz CT molecular complexity index is 1320. The fraction of sp³-hybridized carbons (Fsp3) is 0.269. The van der Waals surface area contributed by atoms with Gasteiger partial charge in [-0.1, -0.05) is 17.7 Å². The highest BCUT2D eigenvalue weighted by Gasteiger charge is 2.36. The van der Waals surface area contributed by atoms with Crippen LogP contribution < -0.4 is 10.1 Å². The third-order valence-electron chi connectivity index (χ3n) is 6.14. The SMILES string of the molecule is O=C(Nc1ccc(Oc2ccc(Cl)cc2)cc1)C1CCC(S(=O)(=O)c2cccc(C(F)(F)F)c2)CC1. The Kier molecular flexibility index (Phi) is 7.61. The van der Waals surface area contributed by atoms with Gasteiger partial charge in [0.15, 0.2) is 9.84 Å². The van der Waals surface area contributed by atoms with Crippen LogP contribution in [0, 0.1) is 5.92 Å². The number of carbonyl (C=O) groups excluding carboxylic acids is 1. The summed E-state index contributed by atoms with van der Waals surface area (Å²) in [7, 11) is -3.94. The van der Waals surface area contributed by atoms with E-state index in [0.717, 1.165) is 12.1 Å². The molecule has 4 rings (SSSR count). The molecule has 0 spiro atoms. The van der Waals surface area contributed by atoms with Gasteiger partial charge in [-0.3, -0.25) is 4.79 Å². The monoisotopic (exact) mass is 537 g/mol. The summed E-state index contributed by atoms with van der Waals surface area (Å²) in [6.45, 7) is 0. The van der Waals surface area contributed by atoms with Crippen LogP contribution in [0.3, 0.4) is 0 Å². The lowest BCUT2D eigenvalue weighted by atomic mass is 9.88. The summed E-state index contributed by atoms with van der Waals surface area (Å²) in [4.78, 5) is 12.4. The van der Waals surface area contributed by atoms with Crippen molar-refractivity contribution in [3.05, 3.63) is 83.4 Å². The van der Waals surface area contributed by atoms with Crippen LogP contribution in [0.15, 0.2) is 77.7 Å². The van der Waals surface area contributed by atoms with Crippen LogP contribution in [0.5, 0.6) is 11.5 Å². The first kappa shape index (κ1) is 26.0. The average Bonchev–Trinajstić information content (AvgIpc) is 2.86. The Balaban J connectivity index is 1.33. The van der Waals surface area contributed by atoms with Crippen LogP contribution in [-0.2, 0) is 20.8 Å². The maximum atomic E-state index is 13.0. The normalized spacial score (nSPS) is 18.4. The molecule has 1 N–H and O–H groups in total. The molecule has 190 valence electrons. The third-order valence-corrected chi connectivity index (χ3v) is 8.66. The number of rotatable bonds is 6. The Morgan fingerprint density at radius 2 is 1.47 bits per heavy atom. The molecule has 1 aliphatic rings. The van der Waals surface area contributed by atoms with E-state index in [1.54, 1.807) is 48.5 Å². The standard InChI is InChI=1S/C26H23ClF3NO4S/c27-19-6-10-21(11-7-19)35-22-12-8-20(9-13-22)31-25(32)17-4-14-23(15-5-17)36(33,34)24-3-1-2-18(16-24)26(28,29)30/h1-3,6-13,16-17,23H,4-5,14-15H2,(H,31,32). The molecule has 0 atom stereocenters. The minimum absolute atomic E-state index is 0.199. The van der Waals surface area contributed by atoms with E-state index in [-0.39, 0.29) is 29.6 Å². The Labute approximate surface area is 212 Å². The fourth-order valence-electron chi connectivity index (χ4n) is 4.17. The summed E-state index contributed by atoms with van der Waals surface area (Å²) >= 11 is 5.86. The lowest BCUT2D eigenvalue weighted by Crippen LogP contribution is -2.32. The minimum atomic E-state index is -4.62. The molecule has 1 aliphatic carbocycles. The van der Waals surface area contributed by atoms with Crippen molar-refractivity contribution >= 4 is 33.0 Å². The predicted molar refractivity (Wildman–Crippen MR) is 131 cm³/mol. The summed E-state index contributed by atoms with van der Waals surface area (Å²) in [5.74, 6) is 0.586. The number of alkyl halides is 3. The second-order valence-electron chi connectivity index (χ2n) is 8.61. The third kappa shape index (κ3) is 6.20. The predicted octanol–water partition coefficient (Wildman–Crippen LogP) is 7.12. The molecule has 0 heterocycles. The zero-order valence-electron chi connectivity index (χ0n) is 19.0. The lowest BCUT2D eigenvalue weighted by molar-refractivity contribution is -0.137. The number of nitrogens with one attached hydrogen (secondary N) is 1. The van der Waals surface area contributed by atoms with Crippen molar-refractivity contribution in [1.82, 2.24) is 0 Å². The smallest absolute Gasteiger partial charge is 0.416 e. The highest BCUT2D eigenvalue weighted by molar-refractivity contribution is 7.92. The molecular formula is C26H23ClF3NO4S. The van der Waals surface area contributed by atoms with Crippen molar-refractivity contribution in [3.63, 3.8) is 0 Å². The highest BCUT2D eigenvalue weighted by Crippen LogP contribution is 2.35. The van der Waals surface area contributed by atoms with E-state index in [2.05, 4.69) is 5.32 Å². The number of carbonyl (C=O) groups is 1. The summed E-state index contributed by atoms with van der Waals surface area (Å²) < 4.78 is 70.6. The van der Waals surface area contributed by atoms with Gasteiger partial charge in [0.25, 0.3) is 0 Å². The second-order valence-corrected chi connectivity index (χ2v) is 11.3. The molecule has 3 aromatic carbocycles. The first-order valence-electron chi connectivity index (χ1n) is 11.3. The average molecular weight is 538 g/mol. The van der Waals surface area contributed by atoms with Crippen LogP contribution in [0.4, 0.5) is 18.9 Å². The van der Waals surface area contributed by atoms with Crippen molar-refractivity contribution in [3.8, 4) is 11.5 Å². The van der Waals surface area contributed by atoms with Crippen molar-refractivity contribution in [2.75, 3.05) is 5.32 Å². The van der Waals surface area contributed by atoms with Crippen molar-refractivity contribution < 1.29 is 31.1 Å². The molecule has 0 saturated heterocycles. The van der Waals surface area contributed by atoms with E-state index in [4.69, 9.17) is 16.3 Å². The molecule has 3 aromatic rings. The maximum Gasteiger partial charge on any atom is 0.416 e. The number of amides is 1.